The van der Waals surface area contributed by atoms with Crippen LogP contribution in [0.4, 0.5) is 6.01 Å². The van der Waals surface area contributed by atoms with Gasteiger partial charge in [-0.1, -0.05) is 24.3 Å². The first-order chi connectivity index (χ1) is 12.7. The van der Waals surface area contributed by atoms with Gasteiger partial charge in [-0.3, -0.25) is 14.9 Å². The molecule has 0 atom stereocenters. The number of nitrogens with zero attached hydrogens (tertiary/aromatic N) is 1. The quantitative estimate of drug-likeness (QED) is 0.666. The van der Waals surface area contributed by atoms with Crippen molar-refractivity contribution in [3.8, 4) is 5.75 Å². The molecule has 2 aromatic heterocycles. The Kier molecular flexibility index (Phi) is 5.65. The molecular weight excluding hydrogens is 354 g/mol. The Hall–Kier alpha value is -3.13. The van der Waals surface area contributed by atoms with Crippen molar-refractivity contribution >= 4 is 29.2 Å². The van der Waals surface area contributed by atoms with Crippen molar-refractivity contribution in [1.82, 2.24) is 10.3 Å². The number of oxazole rings is 1. The maximum Gasteiger partial charge on any atom is 0.302 e. The van der Waals surface area contributed by atoms with E-state index in [1.54, 1.807) is 24.6 Å². The first-order valence-corrected chi connectivity index (χ1v) is 8.76. The Morgan fingerprint density at radius 1 is 1.19 bits per heavy atom. The number of methoxy groups -OCH3 is 1. The molecule has 2 heterocycles. The van der Waals surface area contributed by atoms with Crippen molar-refractivity contribution in [2.45, 2.75) is 6.42 Å². The zero-order valence-electron chi connectivity index (χ0n) is 14.0. The minimum absolute atomic E-state index is 0.0155. The SMILES string of the molecule is COc1ccccc1CCNC(=O)c1coc(NC(=O)c2cccs2)n1. The number of benzene rings is 1. The van der Waals surface area contributed by atoms with Gasteiger partial charge in [0.05, 0.1) is 12.0 Å². The fourth-order valence-electron chi connectivity index (χ4n) is 2.31. The van der Waals surface area contributed by atoms with Crippen LogP contribution in [0.2, 0.25) is 0 Å². The molecule has 3 rings (SSSR count). The maximum atomic E-state index is 12.1. The van der Waals surface area contributed by atoms with Crippen molar-refractivity contribution in [2.24, 2.45) is 0 Å². The monoisotopic (exact) mass is 371 g/mol. The van der Waals surface area contributed by atoms with Gasteiger partial charge in [-0.05, 0) is 29.5 Å². The van der Waals surface area contributed by atoms with E-state index in [1.165, 1.54) is 17.6 Å². The van der Waals surface area contributed by atoms with Gasteiger partial charge in [-0.2, -0.15) is 4.98 Å². The predicted molar refractivity (Wildman–Crippen MR) is 97.8 cm³/mol. The lowest BCUT2D eigenvalue weighted by atomic mass is 10.1. The molecule has 3 aromatic rings. The standard InChI is InChI=1S/C18H17N3O4S/c1-24-14-6-3-2-5-12(14)8-9-19-16(22)13-11-25-18(20-13)21-17(23)15-7-4-10-26-15/h2-7,10-11H,8-9H2,1H3,(H,19,22)(H,20,21,23). The molecule has 0 aliphatic carbocycles. The number of thiophene rings is 1. The van der Waals surface area contributed by atoms with Crippen LogP contribution in [0.25, 0.3) is 0 Å². The number of ether oxygens (including phenoxy) is 1. The van der Waals surface area contributed by atoms with Crippen LogP contribution >= 0.6 is 11.3 Å². The third-order valence-corrected chi connectivity index (χ3v) is 4.44. The largest absolute Gasteiger partial charge is 0.496 e. The van der Waals surface area contributed by atoms with E-state index >= 15 is 0 Å². The molecule has 2 amide bonds. The first-order valence-electron chi connectivity index (χ1n) is 7.88. The third-order valence-electron chi connectivity index (χ3n) is 3.57. The highest BCUT2D eigenvalue weighted by atomic mass is 32.1. The number of carbonyl (C=O) groups excluding carboxylic acids is 2. The number of carbonyl (C=O) groups is 2. The van der Waals surface area contributed by atoms with Crippen LogP contribution < -0.4 is 15.4 Å². The van der Waals surface area contributed by atoms with Gasteiger partial charge >= 0.3 is 6.01 Å². The van der Waals surface area contributed by atoms with Crippen LogP contribution in [0.1, 0.15) is 25.7 Å². The lowest BCUT2D eigenvalue weighted by Crippen LogP contribution is -2.26. The summed E-state index contributed by atoms with van der Waals surface area (Å²) >= 11 is 1.30. The fraction of sp³-hybridized carbons (Fsp3) is 0.167. The summed E-state index contributed by atoms with van der Waals surface area (Å²) in [6.45, 7) is 0.420. The highest BCUT2D eigenvalue weighted by Gasteiger charge is 2.15. The lowest BCUT2D eigenvalue weighted by Gasteiger charge is -2.08. The Balaban J connectivity index is 1.52. The summed E-state index contributed by atoms with van der Waals surface area (Å²) in [5, 5.41) is 7.08. The third kappa shape index (κ3) is 4.28. The average molecular weight is 371 g/mol. The van der Waals surface area contributed by atoms with E-state index in [-0.39, 0.29) is 23.5 Å². The van der Waals surface area contributed by atoms with Gasteiger partial charge < -0.3 is 14.5 Å². The summed E-state index contributed by atoms with van der Waals surface area (Å²) in [5.41, 5.74) is 1.10. The summed E-state index contributed by atoms with van der Waals surface area (Å²) in [4.78, 5) is 28.6. The molecule has 0 saturated carbocycles. The Morgan fingerprint density at radius 3 is 2.81 bits per heavy atom. The second kappa shape index (κ2) is 8.30. The first kappa shape index (κ1) is 17.7. The number of rotatable bonds is 7. The van der Waals surface area contributed by atoms with E-state index in [4.69, 9.17) is 9.15 Å². The number of aromatic nitrogens is 1. The van der Waals surface area contributed by atoms with Crippen LogP contribution in [-0.2, 0) is 6.42 Å². The van der Waals surface area contributed by atoms with Crippen molar-refractivity contribution < 1.29 is 18.7 Å². The van der Waals surface area contributed by atoms with E-state index in [9.17, 15) is 9.59 Å². The second-order valence-electron chi connectivity index (χ2n) is 5.29. The maximum absolute atomic E-state index is 12.1. The number of para-hydroxylation sites is 1. The summed E-state index contributed by atoms with van der Waals surface area (Å²) in [5.74, 6) is 0.0759. The summed E-state index contributed by atoms with van der Waals surface area (Å²) < 4.78 is 10.4. The molecule has 0 bridgehead atoms. The molecule has 7 nitrogen and oxygen atoms in total. The van der Waals surface area contributed by atoms with Gasteiger partial charge in [0.2, 0.25) is 0 Å². The van der Waals surface area contributed by atoms with Crippen molar-refractivity contribution in [3.05, 3.63) is 64.2 Å². The molecule has 26 heavy (non-hydrogen) atoms. The van der Waals surface area contributed by atoms with E-state index in [2.05, 4.69) is 15.6 Å². The summed E-state index contributed by atoms with van der Waals surface area (Å²) in [6.07, 6.45) is 1.83. The zero-order chi connectivity index (χ0) is 18.4. The number of hydrogen-bond donors (Lipinski definition) is 2. The molecule has 0 radical (unpaired) electrons. The van der Waals surface area contributed by atoms with Crippen molar-refractivity contribution in [1.29, 1.82) is 0 Å². The topological polar surface area (TPSA) is 93.5 Å². The number of hydrogen-bond acceptors (Lipinski definition) is 6. The Labute approximate surface area is 154 Å². The van der Waals surface area contributed by atoms with Gasteiger partial charge in [0, 0.05) is 6.54 Å². The van der Waals surface area contributed by atoms with Crippen LogP contribution in [0.5, 0.6) is 5.75 Å². The zero-order valence-corrected chi connectivity index (χ0v) is 14.8. The number of nitrogens with one attached hydrogen (secondary N) is 2. The van der Waals surface area contributed by atoms with Crippen molar-refractivity contribution in [2.75, 3.05) is 19.0 Å². The molecule has 0 aliphatic heterocycles. The molecule has 0 saturated heterocycles. The van der Waals surface area contributed by atoms with Crippen molar-refractivity contribution in [3.63, 3.8) is 0 Å². The van der Waals surface area contributed by atoms with Gasteiger partial charge in [-0.15, -0.1) is 11.3 Å². The van der Waals surface area contributed by atoms with E-state index < -0.39 is 0 Å². The minimum atomic E-state index is -0.375. The van der Waals surface area contributed by atoms with Crippen LogP contribution in [0, 0.1) is 0 Å². The molecule has 1 aromatic carbocycles. The summed E-state index contributed by atoms with van der Waals surface area (Å²) in [6, 6.07) is 11.1. The van der Waals surface area contributed by atoms with Crippen LogP contribution in [0.3, 0.4) is 0 Å². The smallest absolute Gasteiger partial charge is 0.302 e. The van der Waals surface area contributed by atoms with E-state index in [1.807, 2.05) is 24.3 Å². The van der Waals surface area contributed by atoms with E-state index in [0.717, 1.165) is 11.3 Å². The molecular formula is C18H17N3O4S. The van der Waals surface area contributed by atoms with E-state index in [0.29, 0.717) is 17.8 Å². The number of anilines is 1. The van der Waals surface area contributed by atoms with Crippen LogP contribution in [0.15, 0.2) is 52.5 Å². The fourth-order valence-corrected chi connectivity index (χ4v) is 2.93. The molecule has 0 unspecified atom stereocenters. The molecule has 8 heteroatoms. The second-order valence-corrected chi connectivity index (χ2v) is 6.23. The normalized spacial score (nSPS) is 10.3. The molecule has 0 aliphatic rings. The molecule has 134 valence electrons. The average Bonchev–Trinajstić information content (AvgIpc) is 3.34. The predicted octanol–water partition coefficient (Wildman–Crippen LogP) is 2.97. The Morgan fingerprint density at radius 2 is 2.04 bits per heavy atom. The highest BCUT2D eigenvalue weighted by molar-refractivity contribution is 7.12. The summed E-state index contributed by atoms with van der Waals surface area (Å²) in [7, 11) is 1.61. The highest BCUT2D eigenvalue weighted by Crippen LogP contribution is 2.17. The number of amides is 2. The Bertz CT molecular complexity index is 889. The van der Waals surface area contributed by atoms with Gasteiger partial charge in [0.15, 0.2) is 5.69 Å². The van der Waals surface area contributed by atoms with Crippen LogP contribution in [-0.4, -0.2) is 30.5 Å². The van der Waals surface area contributed by atoms with Gasteiger partial charge in [-0.25, -0.2) is 0 Å². The lowest BCUT2D eigenvalue weighted by molar-refractivity contribution is 0.0948. The minimum Gasteiger partial charge on any atom is -0.496 e. The molecule has 0 spiro atoms. The van der Waals surface area contributed by atoms with Gasteiger partial charge in [0.25, 0.3) is 11.8 Å². The molecule has 2 N–H and O–H groups in total. The molecule has 0 fully saturated rings. The van der Waals surface area contributed by atoms with Gasteiger partial charge in [0.1, 0.15) is 12.0 Å².